The first-order valence-corrected chi connectivity index (χ1v) is 11.9. The number of rotatable bonds is 6. The molecule has 1 saturated heterocycles. The number of aliphatic hydroxyl groups excluding tert-OH is 1. The Morgan fingerprint density at radius 3 is 2.21 bits per heavy atom. The van der Waals surface area contributed by atoms with Crippen LogP contribution in [0, 0.1) is 0 Å². The van der Waals surface area contributed by atoms with Gasteiger partial charge < -0.3 is 10.0 Å². The van der Waals surface area contributed by atoms with E-state index in [0.29, 0.717) is 5.56 Å². The van der Waals surface area contributed by atoms with Gasteiger partial charge in [-0.2, -0.15) is 0 Å². The molecule has 1 aromatic carbocycles. The van der Waals surface area contributed by atoms with Crippen LogP contribution in [0.15, 0.2) is 83.8 Å². The van der Waals surface area contributed by atoms with E-state index in [0.717, 1.165) is 9.87 Å². The highest BCUT2D eigenvalue weighted by Gasteiger charge is 2.46. The van der Waals surface area contributed by atoms with Gasteiger partial charge in [0.1, 0.15) is 5.76 Å². The monoisotopic (exact) mass is 480 g/mol. The van der Waals surface area contributed by atoms with Crippen LogP contribution < -0.4 is 9.97 Å². The highest BCUT2D eigenvalue weighted by molar-refractivity contribution is 7.89. The number of nitrogens with zero attached hydrogens (tertiary/aromatic N) is 2. The lowest BCUT2D eigenvalue weighted by atomic mass is 9.96. The third kappa shape index (κ3) is 4.20. The van der Waals surface area contributed by atoms with Crippen molar-refractivity contribution >= 4 is 27.5 Å². The first kappa shape index (κ1) is 23.3. The second-order valence-electron chi connectivity index (χ2n) is 7.99. The van der Waals surface area contributed by atoms with E-state index in [1.54, 1.807) is 43.0 Å². The lowest BCUT2D eigenvalue weighted by Crippen LogP contribution is -2.30. The van der Waals surface area contributed by atoms with Crippen LogP contribution >= 0.6 is 0 Å². The summed E-state index contributed by atoms with van der Waals surface area (Å²) in [5.41, 5.74) is 1.57. The van der Waals surface area contributed by atoms with Crippen LogP contribution in [0.4, 0.5) is 0 Å². The van der Waals surface area contributed by atoms with Gasteiger partial charge in [-0.1, -0.05) is 0 Å². The molecule has 0 spiro atoms. The van der Waals surface area contributed by atoms with Crippen LogP contribution in [-0.4, -0.2) is 48.5 Å². The molecule has 1 atom stereocenters. The van der Waals surface area contributed by atoms with E-state index < -0.39 is 27.8 Å². The summed E-state index contributed by atoms with van der Waals surface area (Å²) in [7, 11) is -0.810. The van der Waals surface area contributed by atoms with Gasteiger partial charge in [0.05, 0.1) is 23.1 Å². The number of hydrogen-bond donors (Lipinski definition) is 1. The average Bonchev–Trinajstić information content (AvgIpc) is 3.09. The minimum Gasteiger partial charge on any atom is -0.507 e. The molecule has 174 valence electrons. The van der Waals surface area contributed by atoms with Crippen molar-refractivity contribution in [2.45, 2.75) is 17.5 Å². The Morgan fingerprint density at radius 2 is 1.65 bits per heavy atom. The number of hydrogen-bond acceptors (Lipinski definition) is 5. The van der Waals surface area contributed by atoms with Gasteiger partial charge in [-0.15, -0.1) is 0 Å². The van der Waals surface area contributed by atoms with E-state index in [9.17, 15) is 23.1 Å². The van der Waals surface area contributed by atoms with Crippen molar-refractivity contribution < 1.29 is 33.1 Å². The molecule has 10 heteroatoms. The van der Waals surface area contributed by atoms with E-state index in [1.807, 2.05) is 6.07 Å². The number of likely N-dealkylation sites (tertiary alicyclic amines) is 1. The number of benzene rings is 1. The Labute approximate surface area is 197 Å². The van der Waals surface area contributed by atoms with Crippen LogP contribution in [0.1, 0.15) is 22.7 Å². The van der Waals surface area contributed by atoms with Gasteiger partial charge in [0, 0.05) is 42.9 Å². The SMILES string of the molecule is CN(C)S(=O)(=O)c1ccc(C(O)=C2C(=O)C(=O)N(Cc3ccc[nH+]c3)C2c2ccc[nH+]c2)cc1. The number of pyridine rings is 2. The van der Waals surface area contributed by atoms with E-state index >= 15 is 0 Å². The van der Waals surface area contributed by atoms with Crippen molar-refractivity contribution in [3.63, 3.8) is 0 Å². The molecular weight excluding hydrogens is 456 g/mol. The van der Waals surface area contributed by atoms with Gasteiger partial charge in [-0.3, -0.25) is 9.59 Å². The number of H-pyrrole nitrogens is 2. The summed E-state index contributed by atoms with van der Waals surface area (Å²) in [6.45, 7) is 0.151. The third-order valence-corrected chi connectivity index (χ3v) is 7.45. The third-order valence-electron chi connectivity index (χ3n) is 5.62. The fourth-order valence-corrected chi connectivity index (χ4v) is 4.75. The minimum absolute atomic E-state index is 0.0454. The number of nitrogens with one attached hydrogen (secondary N) is 2. The zero-order chi connectivity index (χ0) is 24.5. The molecule has 0 aliphatic carbocycles. The molecule has 2 aromatic heterocycles. The maximum atomic E-state index is 13.1. The topological polar surface area (TPSA) is 123 Å². The predicted octanol–water partition coefficient (Wildman–Crippen LogP) is 1.19. The number of carbonyl (C=O) groups excluding carboxylic acids is 2. The molecule has 1 fully saturated rings. The quantitative estimate of drug-likeness (QED) is 0.322. The molecule has 1 amide bonds. The number of aromatic amines is 2. The number of Topliss-reactive ketones (excluding diaryl/α,β-unsaturated/α-hetero) is 1. The lowest BCUT2D eigenvalue weighted by molar-refractivity contribution is -0.379. The van der Waals surface area contributed by atoms with Crippen molar-refractivity contribution in [3.8, 4) is 0 Å². The highest BCUT2D eigenvalue weighted by Crippen LogP contribution is 2.39. The molecule has 3 aromatic rings. The molecule has 9 nitrogen and oxygen atoms in total. The maximum absolute atomic E-state index is 13.1. The first-order chi connectivity index (χ1) is 16.2. The number of aliphatic hydroxyl groups is 1. The highest BCUT2D eigenvalue weighted by atomic mass is 32.2. The number of carbonyl (C=O) groups is 2. The minimum atomic E-state index is -3.66. The van der Waals surface area contributed by atoms with Crippen LogP contribution in [0.3, 0.4) is 0 Å². The molecule has 1 aliphatic heterocycles. The van der Waals surface area contributed by atoms with Crippen molar-refractivity contribution in [1.82, 2.24) is 9.21 Å². The van der Waals surface area contributed by atoms with Gasteiger partial charge in [-0.25, -0.2) is 22.7 Å². The molecule has 0 radical (unpaired) electrons. The fraction of sp³-hybridized carbons (Fsp3) is 0.167. The Hall–Kier alpha value is -3.89. The number of amides is 1. The summed E-state index contributed by atoms with van der Waals surface area (Å²) < 4.78 is 25.8. The zero-order valence-corrected chi connectivity index (χ0v) is 19.4. The molecule has 1 unspecified atom stereocenters. The van der Waals surface area contributed by atoms with Crippen LogP contribution in [0.5, 0.6) is 0 Å². The molecule has 3 heterocycles. The molecule has 34 heavy (non-hydrogen) atoms. The summed E-state index contributed by atoms with van der Waals surface area (Å²) >= 11 is 0. The summed E-state index contributed by atoms with van der Waals surface area (Å²) in [4.78, 5) is 33.5. The van der Waals surface area contributed by atoms with Gasteiger partial charge in [0.15, 0.2) is 24.8 Å². The van der Waals surface area contributed by atoms with Crippen LogP contribution in [0.2, 0.25) is 0 Å². The summed E-state index contributed by atoms with van der Waals surface area (Å²) in [5.74, 6) is -1.91. The second kappa shape index (κ2) is 9.16. The van der Waals surface area contributed by atoms with E-state index in [4.69, 9.17) is 0 Å². The van der Waals surface area contributed by atoms with Gasteiger partial charge >= 0.3 is 0 Å². The Bertz CT molecular complexity index is 1360. The molecule has 1 aliphatic rings. The number of ketones is 1. The molecular formula is C24H24N4O5S+2. The Kier molecular flexibility index (Phi) is 6.27. The lowest BCUT2D eigenvalue weighted by Gasteiger charge is -2.23. The number of sulfonamides is 1. The van der Waals surface area contributed by atoms with E-state index in [2.05, 4.69) is 9.97 Å². The molecule has 0 bridgehead atoms. The normalized spacial score (nSPS) is 18.0. The van der Waals surface area contributed by atoms with Crippen molar-refractivity contribution in [2.24, 2.45) is 0 Å². The van der Waals surface area contributed by atoms with Crippen LogP contribution in [-0.2, 0) is 26.2 Å². The Balaban J connectivity index is 1.81. The van der Waals surface area contributed by atoms with Gasteiger partial charge in [0.2, 0.25) is 10.0 Å². The van der Waals surface area contributed by atoms with Crippen molar-refractivity contribution in [1.29, 1.82) is 0 Å². The van der Waals surface area contributed by atoms with Crippen molar-refractivity contribution in [2.75, 3.05) is 14.1 Å². The second-order valence-corrected chi connectivity index (χ2v) is 10.1. The molecule has 4 rings (SSSR count). The summed E-state index contributed by atoms with van der Waals surface area (Å²) in [6, 6.07) is 11.8. The predicted molar refractivity (Wildman–Crippen MR) is 121 cm³/mol. The van der Waals surface area contributed by atoms with Gasteiger partial charge in [-0.05, 0) is 36.4 Å². The summed E-state index contributed by atoms with van der Waals surface area (Å²) in [5, 5.41) is 11.1. The van der Waals surface area contributed by atoms with E-state index in [1.165, 1.54) is 43.3 Å². The molecule has 3 N–H and O–H groups in total. The largest absolute Gasteiger partial charge is 0.507 e. The zero-order valence-electron chi connectivity index (χ0n) is 18.6. The standard InChI is InChI=1S/C24H22N4O5S/c1-27(2)34(32,33)19-9-7-17(8-10-19)22(29)20-21(18-6-4-12-26-14-18)28(24(31)23(20)30)15-16-5-3-11-25-13-16/h3-14,21,29H,15H2,1-2H3/p+2. The Morgan fingerprint density at radius 1 is 1.00 bits per heavy atom. The van der Waals surface area contributed by atoms with Gasteiger partial charge in [0.25, 0.3) is 11.7 Å². The fourth-order valence-electron chi connectivity index (χ4n) is 3.84. The smallest absolute Gasteiger partial charge is 0.295 e. The maximum Gasteiger partial charge on any atom is 0.295 e. The number of aromatic nitrogens is 2. The molecule has 0 saturated carbocycles. The first-order valence-electron chi connectivity index (χ1n) is 10.4. The van der Waals surface area contributed by atoms with Crippen LogP contribution in [0.25, 0.3) is 5.76 Å². The average molecular weight is 481 g/mol. The van der Waals surface area contributed by atoms with E-state index in [-0.39, 0.29) is 28.3 Å². The van der Waals surface area contributed by atoms with Crippen molar-refractivity contribution in [3.05, 3.63) is 95.6 Å². The summed E-state index contributed by atoms with van der Waals surface area (Å²) in [6.07, 6.45) is 6.84.